The molecule has 0 bridgehead atoms. The van der Waals surface area contributed by atoms with Crippen LogP contribution in [0, 0.1) is 0 Å². The Labute approximate surface area is 219 Å². The van der Waals surface area contributed by atoms with Gasteiger partial charge in [-0.15, -0.1) is 0 Å². The monoisotopic (exact) mass is 501 g/mol. The number of hydrogen-bond donors (Lipinski definition) is 2. The van der Waals surface area contributed by atoms with Crippen molar-refractivity contribution in [2.24, 2.45) is 0 Å². The Morgan fingerprint density at radius 1 is 0.543 bits per heavy atom. The average Bonchev–Trinajstić information content (AvgIpc) is 2.82. The molecule has 2 atom stereocenters. The summed E-state index contributed by atoms with van der Waals surface area (Å²) in [6, 6.07) is 0. The van der Waals surface area contributed by atoms with E-state index < -0.39 is 18.1 Å². The maximum Gasteiger partial charge on any atom is 0.230 e. The van der Waals surface area contributed by atoms with Gasteiger partial charge in [0.05, 0.1) is 25.4 Å². The molecule has 0 aromatic rings. The highest BCUT2D eigenvalue weighted by Gasteiger charge is 2.39. The van der Waals surface area contributed by atoms with Crippen molar-refractivity contribution >= 4 is 0 Å². The molecule has 0 rings (SSSR count). The van der Waals surface area contributed by atoms with Crippen LogP contribution >= 0.6 is 0 Å². The number of unbranched alkanes of at least 4 members (excludes halogenated alkanes) is 14. The standard InChI is InChI=1S/C30H63NO4/c1-6-9-10-11-12-13-14-15-16-17-18-19-20-21-22-23-30(34-24-7-2,35-25-8-3)31(26-28(4)32)27-29(5)33/h28-29,32-33H,6-27H2,1-5H3. The summed E-state index contributed by atoms with van der Waals surface area (Å²) in [5, 5.41) is 20.2. The van der Waals surface area contributed by atoms with Gasteiger partial charge in [-0.1, -0.05) is 111 Å². The van der Waals surface area contributed by atoms with Crippen LogP contribution in [0.5, 0.6) is 0 Å². The Bertz CT molecular complexity index is 413. The summed E-state index contributed by atoms with van der Waals surface area (Å²) in [6.07, 6.45) is 21.7. The lowest BCUT2D eigenvalue weighted by atomic mass is 10.0. The van der Waals surface area contributed by atoms with Crippen LogP contribution < -0.4 is 0 Å². The molecule has 0 heterocycles. The molecular weight excluding hydrogens is 438 g/mol. The van der Waals surface area contributed by atoms with Crippen LogP contribution in [0.1, 0.15) is 150 Å². The Kier molecular flexibility index (Phi) is 24.0. The summed E-state index contributed by atoms with van der Waals surface area (Å²) in [5.74, 6) is -0.865. The lowest BCUT2D eigenvalue weighted by Crippen LogP contribution is -2.57. The van der Waals surface area contributed by atoms with Gasteiger partial charge in [0, 0.05) is 19.5 Å². The summed E-state index contributed by atoms with van der Waals surface area (Å²) in [6.45, 7) is 12.1. The summed E-state index contributed by atoms with van der Waals surface area (Å²) >= 11 is 0. The smallest absolute Gasteiger partial charge is 0.230 e. The molecule has 0 fully saturated rings. The van der Waals surface area contributed by atoms with Crippen molar-refractivity contribution in [3.63, 3.8) is 0 Å². The molecule has 0 aliphatic carbocycles. The third-order valence-electron chi connectivity index (χ3n) is 6.61. The van der Waals surface area contributed by atoms with Gasteiger partial charge in [-0.2, -0.15) is 0 Å². The maximum atomic E-state index is 10.1. The van der Waals surface area contributed by atoms with Gasteiger partial charge in [0.25, 0.3) is 0 Å². The SMILES string of the molecule is CCCCCCCCCCCCCCCCCC(OCCC)(OCCC)N(CC(C)O)CC(C)O. The molecule has 0 amide bonds. The van der Waals surface area contributed by atoms with Crippen LogP contribution in [0.2, 0.25) is 0 Å². The van der Waals surface area contributed by atoms with E-state index in [0.29, 0.717) is 26.3 Å². The Morgan fingerprint density at radius 3 is 1.20 bits per heavy atom. The topological polar surface area (TPSA) is 62.2 Å². The maximum absolute atomic E-state index is 10.1. The number of hydrogen-bond acceptors (Lipinski definition) is 5. The lowest BCUT2D eigenvalue weighted by molar-refractivity contribution is -0.328. The minimum Gasteiger partial charge on any atom is -0.392 e. The number of ether oxygens (including phenoxy) is 2. The van der Waals surface area contributed by atoms with Gasteiger partial charge in [-0.3, -0.25) is 0 Å². The molecule has 212 valence electrons. The van der Waals surface area contributed by atoms with E-state index >= 15 is 0 Å². The molecule has 35 heavy (non-hydrogen) atoms. The second-order valence-electron chi connectivity index (χ2n) is 10.7. The quantitative estimate of drug-likeness (QED) is 0.0887. The van der Waals surface area contributed by atoms with Crippen molar-refractivity contribution in [2.45, 2.75) is 168 Å². The highest BCUT2D eigenvalue weighted by Crippen LogP contribution is 2.28. The minimum atomic E-state index is -0.865. The highest BCUT2D eigenvalue weighted by atomic mass is 16.7. The molecule has 2 N–H and O–H groups in total. The second-order valence-corrected chi connectivity index (χ2v) is 10.7. The van der Waals surface area contributed by atoms with E-state index in [0.717, 1.165) is 25.7 Å². The fraction of sp³-hybridized carbons (Fsp3) is 1.00. The average molecular weight is 502 g/mol. The lowest BCUT2D eigenvalue weighted by Gasteiger charge is -2.44. The van der Waals surface area contributed by atoms with E-state index in [4.69, 9.17) is 9.47 Å². The van der Waals surface area contributed by atoms with Crippen molar-refractivity contribution in [1.29, 1.82) is 0 Å². The van der Waals surface area contributed by atoms with Crippen LogP contribution in [0.15, 0.2) is 0 Å². The summed E-state index contributed by atoms with van der Waals surface area (Å²) in [4.78, 5) is 2.03. The van der Waals surface area contributed by atoms with Gasteiger partial charge in [0.15, 0.2) is 0 Å². The van der Waals surface area contributed by atoms with E-state index in [-0.39, 0.29) is 0 Å². The fourth-order valence-corrected chi connectivity index (χ4v) is 4.76. The predicted octanol–water partition coefficient (Wildman–Crippen LogP) is 7.82. The molecule has 0 radical (unpaired) electrons. The zero-order chi connectivity index (χ0) is 26.2. The normalized spacial score (nSPS) is 14.1. The minimum absolute atomic E-state index is 0.428. The van der Waals surface area contributed by atoms with Crippen LogP contribution in [0.3, 0.4) is 0 Å². The van der Waals surface area contributed by atoms with Gasteiger partial charge in [-0.25, -0.2) is 4.90 Å². The van der Waals surface area contributed by atoms with Crippen LogP contribution in [-0.4, -0.2) is 59.5 Å². The molecule has 0 aliphatic rings. The van der Waals surface area contributed by atoms with Gasteiger partial charge in [-0.05, 0) is 33.1 Å². The molecular formula is C30H63NO4. The number of aliphatic hydroxyl groups excluding tert-OH is 2. The highest BCUT2D eigenvalue weighted by molar-refractivity contribution is 4.77. The van der Waals surface area contributed by atoms with Gasteiger partial charge in [0.2, 0.25) is 5.91 Å². The second kappa shape index (κ2) is 24.2. The van der Waals surface area contributed by atoms with E-state index in [9.17, 15) is 10.2 Å². The molecule has 5 nitrogen and oxygen atoms in total. The van der Waals surface area contributed by atoms with E-state index in [1.165, 1.54) is 89.9 Å². The van der Waals surface area contributed by atoms with Gasteiger partial charge >= 0.3 is 0 Å². The first-order chi connectivity index (χ1) is 16.9. The van der Waals surface area contributed by atoms with E-state index in [1.807, 2.05) is 4.90 Å². The summed E-state index contributed by atoms with van der Waals surface area (Å²) < 4.78 is 12.7. The molecule has 0 saturated heterocycles. The fourth-order valence-electron chi connectivity index (χ4n) is 4.76. The molecule has 2 unspecified atom stereocenters. The zero-order valence-corrected chi connectivity index (χ0v) is 24.4. The number of nitrogens with zero attached hydrogens (tertiary/aromatic N) is 1. The molecule has 0 saturated carbocycles. The predicted molar refractivity (Wildman–Crippen MR) is 150 cm³/mol. The third-order valence-corrected chi connectivity index (χ3v) is 6.61. The molecule has 0 aromatic carbocycles. The Hall–Kier alpha value is -0.200. The Morgan fingerprint density at radius 2 is 0.886 bits per heavy atom. The van der Waals surface area contributed by atoms with Crippen molar-refractivity contribution < 1.29 is 19.7 Å². The zero-order valence-electron chi connectivity index (χ0n) is 24.4. The first-order valence-electron chi connectivity index (χ1n) is 15.3. The Balaban J connectivity index is 4.38. The van der Waals surface area contributed by atoms with Crippen molar-refractivity contribution in [3.05, 3.63) is 0 Å². The van der Waals surface area contributed by atoms with Crippen LogP contribution in [-0.2, 0) is 9.47 Å². The van der Waals surface area contributed by atoms with Gasteiger partial charge in [0.1, 0.15) is 0 Å². The van der Waals surface area contributed by atoms with Crippen molar-refractivity contribution in [3.8, 4) is 0 Å². The largest absolute Gasteiger partial charge is 0.392 e. The first kappa shape index (κ1) is 34.8. The first-order valence-corrected chi connectivity index (χ1v) is 15.3. The number of aliphatic hydroxyl groups is 2. The number of rotatable bonds is 27. The molecule has 5 heteroatoms. The van der Waals surface area contributed by atoms with Crippen LogP contribution in [0.25, 0.3) is 0 Å². The van der Waals surface area contributed by atoms with Crippen molar-refractivity contribution in [1.82, 2.24) is 4.90 Å². The summed E-state index contributed by atoms with van der Waals surface area (Å²) in [7, 11) is 0. The van der Waals surface area contributed by atoms with Crippen molar-refractivity contribution in [2.75, 3.05) is 26.3 Å². The van der Waals surface area contributed by atoms with Gasteiger partial charge < -0.3 is 19.7 Å². The molecule has 0 aromatic heterocycles. The third kappa shape index (κ3) is 19.6. The molecule has 0 spiro atoms. The summed E-state index contributed by atoms with van der Waals surface area (Å²) in [5.41, 5.74) is 0. The van der Waals surface area contributed by atoms with E-state index in [2.05, 4.69) is 20.8 Å². The molecule has 0 aliphatic heterocycles. The van der Waals surface area contributed by atoms with E-state index in [1.54, 1.807) is 13.8 Å². The van der Waals surface area contributed by atoms with Crippen LogP contribution in [0.4, 0.5) is 0 Å².